The zero-order chi connectivity index (χ0) is 20.3. The molecule has 1 aromatic heterocycles. The van der Waals surface area contributed by atoms with Crippen molar-refractivity contribution in [2.45, 2.75) is 24.8 Å². The number of aryl methyl sites for hydroxylation is 1. The number of sulfonamides is 1. The van der Waals surface area contributed by atoms with Crippen LogP contribution in [-0.4, -0.2) is 38.1 Å². The highest BCUT2D eigenvalue weighted by molar-refractivity contribution is 7.89. The summed E-state index contributed by atoms with van der Waals surface area (Å²) in [5, 5.41) is 5.95. The second kappa shape index (κ2) is 8.00. The van der Waals surface area contributed by atoms with Gasteiger partial charge in [0.25, 0.3) is 5.91 Å². The summed E-state index contributed by atoms with van der Waals surface area (Å²) in [5.41, 5.74) is 0.644. The van der Waals surface area contributed by atoms with Crippen molar-refractivity contribution in [3.63, 3.8) is 0 Å². The molecule has 2 N–H and O–H groups in total. The second-order valence-electron chi connectivity index (χ2n) is 5.71. The molecule has 2 heterocycles. The van der Waals surface area contributed by atoms with Crippen LogP contribution in [-0.2, 0) is 35.7 Å². The van der Waals surface area contributed by atoms with Crippen LogP contribution in [0.2, 0.25) is 0 Å². The third-order valence-electron chi connectivity index (χ3n) is 3.46. The number of ether oxygens (including phenoxy) is 1. The number of nitrogens with zero attached hydrogens (tertiary/aromatic N) is 3. The molecule has 1 aliphatic heterocycles. The maximum absolute atomic E-state index is 12.6. The Bertz CT molecular complexity index is 1100. The summed E-state index contributed by atoms with van der Waals surface area (Å²) < 4.78 is 44.9. The number of fused-ring (bicyclic) bond motifs is 1. The first kappa shape index (κ1) is 19.9. The molecule has 11 nitrogen and oxygen atoms in total. The Hall–Kier alpha value is -2.90. The molecule has 0 bridgehead atoms. The lowest BCUT2D eigenvalue weighted by Crippen LogP contribution is -2.40. The van der Waals surface area contributed by atoms with E-state index in [1.54, 1.807) is 13.0 Å². The molecule has 1 amide bonds. The molecule has 0 saturated carbocycles. The summed E-state index contributed by atoms with van der Waals surface area (Å²) >= 11 is 0.882. The highest BCUT2D eigenvalue weighted by atomic mass is 32.2. The van der Waals surface area contributed by atoms with Crippen molar-refractivity contribution in [2.75, 3.05) is 11.9 Å². The van der Waals surface area contributed by atoms with Gasteiger partial charge in [0, 0.05) is 6.07 Å². The predicted molar refractivity (Wildman–Crippen MR) is 98.6 cm³/mol. The Morgan fingerprint density at radius 2 is 2.11 bits per heavy atom. The molecular formula is C15H15N5O6S2. The third-order valence-corrected chi connectivity index (χ3v) is 5.58. The highest BCUT2D eigenvalue weighted by Gasteiger charge is 2.27. The quantitative estimate of drug-likeness (QED) is 0.545. The Morgan fingerprint density at radius 1 is 1.32 bits per heavy atom. The summed E-state index contributed by atoms with van der Waals surface area (Å²) in [6, 6.07) is 4.78. The third kappa shape index (κ3) is 4.49. The molecule has 0 saturated heterocycles. The van der Waals surface area contributed by atoms with Crippen LogP contribution in [0.15, 0.2) is 42.4 Å². The molecule has 0 fully saturated rings. The lowest BCUT2D eigenvalue weighted by atomic mass is 10.3. The Kier molecular flexibility index (Phi) is 5.67. The number of hydrogen-bond donors (Lipinski definition) is 2. The molecule has 0 radical (unpaired) electrons. The molecule has 13 heteroatoms. The molecule has 2 aromatic rings. The van der Waals surface area contributed by atoms with Gasteiger partial charge in [-0.3, -0.25) is 9.59 Å². The van der Waals surface area contributed by atoms with Gasteiger partial charge in [-0.05, 0) is 26.0 Å². The minimum Gasteiger partial charge on any atom is -0.454 e. The molecule has 0 aliphatic carbocycles. The van der Waals surface area contributed by atoms with Gasteiger partial charge in [-0.15, -0.1) is 0 Å². The first-order valence-electron chi connectivity index (χ1n) is 7.89. The van der Waals surface area contributed by atoms with Crippen LogP contribution in [0.25, 0.3) is 0 Å². The van der Waals surface area contributed by atoms with Crippen molar-refractivity contribution >= 4 is 50.4 Å². The van der Waals surface area contributed by atoms with Crippen LogP contribution in [0.4, 0.5) is 17.2 Å². The Morgan fingerprint density at radius 3 is 2.82 bits per heavy atom. The molecule has 148 valence electrons. The fraction of sp³-hybridized carbons (Fsp3) is 0.267. The second-order valence-corrected chi connectivity index (χ2v) is 7.92. The summed E-state index contributed by atoms with van der Waals surface area (Å²) in [4.78, 5) is 23.7. The van der Waals surface area contributed by atoms with E-state index < -0.39 is 34.5 Å². The van der Waals surface area contributed by atoms with E-state index in [1.807, 2.05) is 0 Å². The zero-order valence-corrected chi connectivity index (χ0v) is 16.3. The molecule has 1 aliphatic rings. The minimum atomic E-state index is -4.06. The SMILES string of the molecule is Cc1cc(NC(=O)COC(=O)[C@@H](C)NS(=O)(=O)c2cccc3c2N=S=N3)no1. The van der Waals surface area contributed by atoms with Gasteiger partial charge in [0.2, 0.25) is 10.0 Å². The van der Waals surface area contributed by atoms with Gasteiger partial charge in [0.05, 0.1) is 11.4 Å². The molecule has 0 unspecified atom stereocenters. The lowest BCUT2D eigenvalue weighted by molar-refractivity contribution is -0.148. The largest absolute Gasteiger partial charge is 0.454 e. The van der Waals surface area contributed by atoms with Crippen molar-refractivity contribution in [1.82, 2.24) is 9.88 Å². The minimum absolute atomic E-state index is 0.0995. The monoisotopic (exact) mass is 425 g/mol. The standard InChI is InChI=1S/C15H15N5O6S2/c1-8-6-12(17-26-8)16-13(21)7-25-15(22)9(2)20-28(23,24)11-5-3-4-10-14(11)19-27-18-10/h3-6,9,20H,7H2,1-2H3,(H,16,17,21)/t9-/m1/s1. The van der Waals surface area contributed by atoms with Crippen LogP contribution in [0.3, 0.4) is 0 Å². The van der Waals surface area contributed by atoms with Gasteiger partial charge in [-0.1, -0.05) is 11.2 Å². The molecular weight excluding hydrogens is 410 g/mol. The van der Waals surface area contributed by atoms with E-state index in [1.165, 1.54) is 25.1 Å². The lowest BCUT2D eigenvalue weighted by Gasteiger charge is -2.14. The van der Waals surface area contributed by atoms with E-state index in [-0.39, 0.29) is 16.4 Å². The van der Waals surface area contributed by atoms with Crippen molar-refractivity contribution in [1.29, 1.82) is 0 Å². The van der Waals surface area contributed by atoms with Crippen molar-refractivity contribution in [3.05, 3.63) is 30.0 Å². The predicted octanol–water partition coefficient (Wildman–Crippen LogP) is 1.56. The Labute approximate surface area is 163 Å². The summed E-state index contributed by atoms with van der Waals surface area (Å²) in [5.74, 6) is -0.883. The van der Waals surface area contributed by atoms with Crippen LogP contribution in [0.1, 0.15) is 12.7 Å². The fourth-order valence-corrected chi connectivity index (χ4v) is 4.17. The van der Waals surface area contributed by atoms with Gasteiger partial charge in [-0.2, -0.15) is 13.4 Å². The van der Waals surface area contributed by atoms with E-state index in [0.29, 0.717) is 11.4 Å². The van der Waals surface area contributed by atoms with E-state index in [0.717, 1.165) is 11.4 Å². The number of nitrogens with one attached hydrogen (secondary N) is 2. The van der Waals surface area contributed by atoms with E-state index in [9.17, 15) is 18.0 Å². The number of carbonyl (C=O) groups is 2. The van der Waals surface area contributed by atoms with Crippen LogP contribution >= 0.6 is 0 Å². The topological polar surface area (TPSA) is 152 Å². The maximum atomic E-state index is 12.6. The average molecular weight is 425 g/mol. The van der Waals surface area contributed by atoms with E-state index in [4.69, 9.17) is 9.26 Å². The summed E-state index contributed by atoms with van der Waals surface area (Å²) in [7, 11) is -4.06. The molecule has 28 heavy (non-hydrogen) atoms. The number of carbonyl (C=O) groups excluding carboxylic acids is 2. The molecule has 1 atom stereocenters. The molecule has 1 aromatic carbocycles. The van der Waals surface area contributed by atoms with Gasteiger partial charge in [0.1, 0.15) is 28.1 Å². The van der Waals surface area contributed by atoms with Gasteiger partial charge < -0.3 is 14.6 Å². The highest BCUT2D eigenvalue weighted by Crippen LogP contribution is 2.37. The summed E-state index contributed by atoms with van der Waals surface area (Å²) in [6.45, 7) is 2.35. The van der Waals surface area contributed by atoms with Gasteiger partial charge in [0.15, 0.2) is 12.4 Å². The van der Waals surface area contributed by atoms with Crippen LogP contribution in [0.5, 0.6) is 0 Å². The number of anilines is 1. The zero-order valence-electron chi connectivity index (χ0n) is 14.7. The molecule has 3 rings (SSSR count). The van der Waals surface area contributed by atoms with E-state index >= 15 is 0 Å². The van der Waals surface area contributed by atoms with Gasteiger partial charge >= 0.3 is 5.97 Å². The number of amides is 1. The molecule has 0 spiro atoms. The average Bonchev–Trinajstić information content (AvgIpc) is 3.27. The first-order chi connectivity index (χ1) is 13.3. The number of rotatable bonds is 7. The number of benzene rings is 1. The number of aromatic nitrogens is 1. The van der Waals surface area contributed by atoms with E-state index in [2.05, 4.69) is 23.9 Å². The first-order valence-corrected chi connectivity index (χ1v) is 10.1. The van der Waals surface area contributed by atoms with Crippen LogP contribution in [0, 0.1) is 6.92 Å². The number of esters is 1. The fourth-order valence-electron chi connectivity index (χ4n) is 2.21. The van der Waals surface area contributed by atoms with Crippen molar-refractivity contribution in [3.8, 4) is 0 Å². The summed E-state index contributed by atoms with van der Waals surface area (Å²) in [6.07, 6.45) is 0. The van der Waals surface area contributed by atoms with Crippen LogP contribution < -0.4 is 10.0 Å². The normalized spacial score (nSPS) is 13.5. The smallest absolute Gasteiger partial charge is 0.324 e. The van der Waals surface area contributed by atoms with Gasteiger partial charge in [-0.25, -0.2) is 8.42 Å². The maximum Gasteiger partial charge on any atom is 0.324 e. The van der Waals surface area contributed by atoms with Crippen molar-refractivity contribution in [2.24, 2.45) is 8.73 Å². The number of hydrogen-bond acceptors (Lipinski definition) is 9. The Balaban J connectivity index is 1.57. The van der Waals surface area contributed by atoms with Crippen molar-refractivity contribution < 1.29 is 27.3 Å².